The average Bonchev–Trinajstić information content (AvgIpc) is 2.60. The molecule has 0 aromatic heterocycles. The summed E-state index contributed by atoms with van der Waals surface area (Å²) in [4.78, 5) is 0. The van der Waals surface area contributed by atoms with Crippen LogP contribution in [0.5, 0.6) is 11.5 Å². The van der Waals surface area contributed by atoms with Crippen LogP contribution in [0.4, 0.5) is 0 Å². The monoisotopic (exact) mass is 334 g/mol. The third-order valence-electron chi connectivity index (χ3n) is 3.64. The van der Waals surface area contributed by atoms with E-state index in [0.29, 0.717) is 31.1 Å². The average molecular weight is 334 g/mol. The summed E-state index contributed by atoms with van der Waals surface area (Å²) in [6, 6.07) is 15.7. The van der Waals surface area contributed by atoms with Crippen molar-refractivity contribution < 1.29 is 48.9 Å². The van der Waals surface area contributed by atoms with E-state index in [1.807, 2.05) is 48.5 Å². The Morgan fingerprint density at radius 3 is 2.67 bits per heavy atom. The van der Waals surface area contributed by atoms with Crippen molar-refractivity contribution in [3.05, 3.63) is 71.4 Å². The number of benzene rings is 2. The predicted molar refractivity (Wildman–Crippen MR) is 84.8 cm³/mol. The molecular weight excluding hydrogens is 315 g/mol. The number of aryl methyl sites for hydroxylation is 1. The van der Waals surface area contributed by atoms with Gasteiger partial charge in [0.25, 0.3) is 0 Å². The number of rotatable bonds is 5. The molecule has 0 saturated carbocycles. The van der Waals surface area contributed by atoms with Crippen molar-refractivity contribution in [2.45, 2.75) is 26.4 Å². The van der Waals surface area contributed by atoms with Gasteiger partial charge < -0.3 is 19.3 Å². The van der Waals surface area contributed by atoms with E-state index in [2.05, 4.69) is 0 Å². The van der Waals surface area contributed by atoms with Gasteiger partial charge >= 0.3 is 29.6 Å². The molecule has 0 amide bonds. The Bertz CT molecular complexity index is 698. The summed E-state index contributed by atoms with van der Waals surface area (Å²) in [6.07, 6.45) is 1.33. The Hall–Kier alpha value is -1.62. The molecule has 0 bridgehead atoms. The van der Waals surface area contributed by atoms with Gasteiger partial charge in [-0.25, -0.2) is 0 Å². The van der Waals surface area contributed by atoms with E-state index in [1.54, 1.807) is 6.92 Å². The van der Waals surface area contributed by atoms with Crippen LogP contribution in [0.2, 0.25) is 0 Å². The van der Waals surface area contributed by atoms with Gasteiger partial charge in [-0.2, -0.15) is 0 Å². The molecule has 0 atom stereocenters. The Morgan fingerprint density at radius 2 is 1.92 bits per heavy atom. The molecule has 1 heterocycles. The fraction of sp³-hybridized carbons (Fsp3) is 0.263. The molecule has 2 aromatic rings. The van der Waals surface area contributed by atoms with Crippen LogP contribution in [0, 0.1) is 0 Å². The minimum absolute atomic E-state index is 0. The van der Waals surface area contributed by atoms with E-state index in [1.165, 1.54) is 0 Å². The zero-order chi connectivity index (χ0) is 16.1. The molecule has 0 radical (unpaired) electrons. The second-order valence-corrected chi connectivity index (χ2v) is 5.29. The van der Waals surface area contributed by atoms with Crippen LogP contribution in [-0.4, -0.2) is 6.61 Å². The molecule has 3 rings (SSSR count). The third kappa shape index (κ3) is 4.69. The molecule has 0 spiro atoms. The smallest absolute Gasteiger partial charge is 0.611 e. The Morgan fingerprint density at radius 1 is 1.12 bits per heavy atom. The van der Waals surface area contributed by atoms with Gasteiger partial charge in [-0.3, -0.25) is 0 Å². The maximum absolute atomic E-state index is 11.8. The van der Waals surface area contributed by atoms with Crippen LogP contribution in [0.1, 0.15) is 24.5 Å². The van der Waals surface area contributed by atoms with Crippen molar-refractivity contribution in [1.29, 1.82) is 0 Å². The van der Waals surface area contributed by atoms with E-state index in [9.17, 15) is 5.11 Å². The summed E-state index contributed by atoms with van der Waals surface area (Å²) < 4.78 is 16.5. The second kappa shape index (κ2) is 9.02. The van der Waals surface area contributed by atoms with Crippen LogP contribution < -0.4 is 44.1 Å². The first kappa shape index (κ1) is 18.7. The van der Waals surface area contributed by atoms with Gasteiger partial charge in [-0.05, 0) is 30.2 Å². The number of fused-ring (bicyclic) bond motifs is 1. The quantitative estimate of drug-likeness (QED) is 0.577. The van der Waals surface area contributed by atoms with E-state index in [4.69, 9.17) is 14.2 Å². The van der Waals surface area contributed by atoms with E-state index < -0.39 is 0 Å². The van der Waals surface area contributed by atoms with Crippen molar-refractivity contribution in [3.8, 4) is 11.5 Å². The summed E-state index contributed by atoms with van der Waals surface area (Å²) in [5.41, 5.74) is 2.18. The maximum Gasteiger partial charge on any atom is 1.00 e. The second-order valence-electron chi connectivity index (χ2n) is 5.29. The van der Waals surface area contributed by atoms with Crippen molar-refractivity contribution in [3.63, 3.8) is 0 Å². The first-order chi connectivity index (χ1) is 11.3. The van der Waals surface area contributed by atoms with Gasteiger partial charge in [-0.1, -0.05) is 43.3 Å². The summed E-state index contributed by atoms with van der Waals surface area (Å²) in [5, 5.41) is 11.8. The molecule has 120 valence electrons. The summed E-state index contributed by atoms with van der Waals surface area (Å²) in [7, 11) is 0. The zero-order valence-electron chi connectivity index (χ0n) is 14.1. The molecule has 0 aliphatic carbocycles. The molecule has 0 saturated heterocycles. The predicted octanol–water partition coefficient (Wildman–Crippen LogP) is 0.161. The van der Waals surface area contributed by atoms with Crippen molar-refractivity contribution in [2.24, 2.45) is 0 Å². The van der Waals surface area contributed by atoms with Crippen LogP contribution in [0.15, 0.2) is 60.2 Å². The molecule has 1 aliphatic heterocycles. The molecule has 24 heavy (non-hydrogen) atoms. The SMILES string of the molecule is CCO/C([O-])=C1\CCc2ccc(OCc3ccccc3)cc2O1.[Na+]. The molecule has 1 aliphatic rings. The first-order valence-corrected chi connectivity index (χ1v) is 7.76. The van der Waals surface area contributed by atoms with E-state index in [0.717, 1.165) is 23.3 Å². The van der Waals surface area contributed by atoms with Crippen LogP contribution >= 0.6 is 0 Å². The van der Waals surface area contributed by atoms with Gasteiger partial charge in [0, 0.05) is 12.5 Å². The molecule has 2 aromatic carbocycles. The number of ether oxygens (including phenoxy) is 3. The Balaban J connectivity index is 0.00000208. The molecule has 0 unspecified atom stereocenters. The number of allylic oxidation sites excluding steroid dienone is 1. The Labute approximate surface area is 164 Å². The number of hydrogen-bond donors (Lipinski definition) is 0. The zero-order valence-corrected chi connectivity index (χ0v) is 16.1. The standard InChI is InChI=1S/C19H20O4.Na/c1-2-21-19(20)17-11-9-15-8-10-16(12-18(15)23-17)22-13-14-6-4-3-5-7-14;/h3-8,10,12,20H,2,9,11,13H2,1H3;/q;+1/p-1/b19-17+;. The minimum Gasteiger partial charge on any atom is -0.611 e. The normalized spacial score (nSPS) is 14.7. The Kier molecular flexibility index (Phi) is 7.03. The molecular formula is C19H19NaO4. The fourth-order valence-corrected chi connectivity index (χ4v) is 2.45. The summed E-state index contributed by atoms with van der Waals surface area (Å²) in [6.45, 7) is 2.62. The van der Waals surface area contributed by atoms with Gasteiger partial charge in [-0.15, -0.1) is 0 Å². The fourth-order valence-electron chi connectivity index (χ4n) is 2.45. The first-order valence-electron chi connectivity index (χ1n) is 7.76. The van der Waals surface area contributed by atoms with Gasteiger partial charge in [0.05, 0.1) is 5.95 Å². The minimum atomic E-state index is -0.381. The van der Waals surface area contributed by atoms with Crippen molar-refractivity contribution in [1.82, 2.24) is 0 Å². The van der Waals surface area contributed by atoms with Crippen LogP contribution in [0.3, 0.4) is 0 Å². The van der Waals surface area contributed by atoms with Crippen LogP contribution in [-0.2, 0) is 17.8 Å². The van der Waals surface area contributed by atoms with E-state index >= 15 is 0 Å². The maximum atomic E-state index is 11.8. The molecule has 0 fully saturated rings. The van der Waals surface area contributed by atoms with Crippen molar-refractivity contribution in [2.75, 3.05) is 6.61 Å². The van der Waals surface area contributed by atoms with Crippen molar-refractivity contribution >= 4 is 0 Å². The van der Waals surface area contributed by atoms with Gasteiger partial charge in [0.1, 0.15) is 23.9 Å². The number of hydrogen-bond acceptors (Lipinski definition) is 4. The van der Waals surface area contributed by atoms with Gasteiger partial charge in [0.15, 0.2) is 0 Å². The summed E-state index contributed by atoms with van der Waals surface area (Å²) >= 11 is 0. The topological polar surface area (TPSA) is 50.8 Å². The largest absolute Gasteiger partial charge is 1.00 e. The van der Waals surface area contributed by atoms with E-state index in [-0.39, 0.29) is 35.5 Å². The third-order valence-corrected chi connectivity index (χ3v) is 3.64. The molecule has 5 heteroatoms. The van der Waals surface area contributed by atoms with Crippen LogP contribution in [0.25, 0.3) is 0 Å². The summed E-state index contributed by atoms with van der Waals surface area (Å²) in [5.74, 6) is 1.37. The molecule has 4 nitrogen and oxygen atoms in total. The van der Waals surface area contributed by atoms with Gasteiger partial charge in [0.2, 0.25) is 0 Å². The molecule has 0 N–H and O–H groups in total.